The lowest BCUT2D eigenvalue weighted by Gasteiger charge is -2.20. The normalized spacial score (nSPS) is 26.4. The molecule has 0 aromatic carbocycles. The molecule has 3 rings (SSSR count). The van der Waals surface area contributed by atoms with E-state index >= 15 is 0 Å². The molecule has 0 spiro atoms. The molecule has 1 aliphatic carbocycles. The van der Waals surface area contributed by atoms with Crippen molar-refractivity contribution in [1.82, 2.24) is 14.6 Å². The van der Waals surface area contributed by atoms with E-state index in [1.807, 2.05) is 16.9 Å². The Morgan fingerprint density at radius 2 is 2.00 bits per heavy atom. The number of rotatable bonds is 2. The van der Waals surface area contributed by atoms with Crippen LogP contribution in [0.4, 0.5) is 5.82 Å². The molecule has 2 aromatic heterocycles. The van der Waals surface area contributed by atoms with Crippen molar-refractivity contribution in [3.05, 3.63) is 24.2 Å². The Kier molecular flexibility index (Phi) is 3.42. The SMILES string of the molecule is CC1CCC(Nc2nccn3nc(C(C)(C)C)cc23)C1C. The average molecular weight is 286 g/mol. The fraction of sp³-hybridized carbons (Fsp3) is 0.647. The Morgan fingerprint density at radius 3 is 2.62 bits per heavy atom. The van der Waals surface area contributed by atoms with Gasteiger partial charge in [0.25, 0.3) is 0 Å². The van der Waals surface area contributed by atoms with E-state index in [1.54, 1.807) is 0 Å². The minimum absolute atomic E-state index is 0.0540. The van der Waals surface area contributed by atoms with Crippen LogP contribution in [0.5, 0.6) is 0 Å². The molecule has 0 saturated heterocycles. The summed E-state index contributed by atoms with van der Waals surface area (Å²) in [4.78, 5) is 4.55. The van der Waals surface area contributed by atoms with Crippen molar-refractivity contribution in [1.29, 1.82) is 0 Å². The Hall–Kier alpha value is -1.58. The van der Waals surface area contributed by atoms with Crippen molar-refractivity contribution in [2.75, 3.05) is 5.32 Å². The highest BCUT2D eigenvalue weighted by molar-refractivity contribution is 5.68. The van der Waals surface area contributed by atoms with E-state index in [0.29, 0.717) is 12.0 Å². The van der Waals surface area contributed by atoms with Crippen LogP contribution in [0.25, 0.3) is 5.52 Å². The predicted octanol–water partition coefficient (Wildman–Crippen LogP) is 3.87. The van der Waals surface area contributed by atoms with Crippen molar-refractivity contribution in [2.24, 2.45) is 11.8 Å². The van der Waals surface area contributed by atoms with Crippen LogP contribution in [0.3, 0.4) is 0 Å². The van der Waals surface area contributed by atoms with E-state index < -0.39 is 0 Å². The minimum atomic E-state index is 0.0540. The fourth-order valence-corrected chi connectivity index (χ4v) is 3.14. The van der Waals surface area contributed by atoms with Crippen LogP contribution in [-0.2, 0) is 5.41 Å². The van der Waals surface area contributed by atoms with Gasteiger partial charge in [-0.15, -0.1) is 0 Å². The zero-order valence-corrected chi connectivity index (χ0v) is 13.7. The molecule has 1 saturated carbocycles. The molecule has 3 unspecified atom stereocenters. The molecule has 2 aromatic rings. The van der Waals surface area contributed by atoms with Gasteiger partial charge in [0, 0.05) is 23.9 Å². The second-order valence-corrected chi connectivity index (χ2v) is 7.55. The molecule has 1 aliphatic rings. The van der Waals surface area contributed by atoms with Crippen molar-refractivity contribution >= 4 is 11.3 Å². The van der Waals surface area contributed by atoms with E-state index in [1.165, 1.54) is 12.8 Å². The third-order valence-electron chi connectivity index (χ3n) is 4.95. The number of anilines is 1. The largest absolute Gasteiger partial charge is 0.365 e. The van der Waals surface area contributed by atoms with Crippen molar-refractivity contribution in [3.8, 4) is 0 Å². The highest BCUT2D eigenvalue weighted by Crippen LogP contribution is 2.34. The molecule has 3 atom stereocenters. The molecule has 0 aliphatic heterocycles. The minimum Gasteiger partial charge on any atom is -0.365 e. The molecule has 1 N–H and O–H groups in total. The molecule has 21 heavy (non-hydrogen) atoms. The molecule has 0 amide bonds. The Labute approximate surface area is 127 Å². The lowest BCUT2D eigenvalue weighted by Crippen LogP contribution is -2.24. The molecule has 1 fully saturated rings. The van der Waals surface area contributed by atoms with Gasteiger partial charge in [-0.2, -0.15) is 5.10 Å². The lowest BCUT2D eigenvalue weighted by atomic mass is 9.92. The second-order valence-electron chi connectivity index (χ2n) is 7.55. The first-order valence-corrected chi connectivity index (χ1v) is 7.97. The summed E-state index contributed by atoms with van der Waals surface area (Å²) in [5, 5.41) is 8.35. The zero-order chi connectivity index (χ0) is 15.2. The molecule has 114 valence electrons. The summed E-state index contributed by atoms with van der Waals surface area (Å²) in [6, 6.07) is 2.69. The second kappa shape index (κ2) is 5.00. The van der Waals surface area contributed by atoms with Gasteiger partial charge in [0.05, 0.1) is 5.69 Å². The van der Waals surface area contributed by atoms with Gasteiger partial charge >= 0.3 is 0 Å². The summed E-state index contributed by atoms with van der Waals surface area (Å²) in [7, 11) is 0. The van der Waals surface area contributed by atoms with Crippen LogP contribution in [0.2, 0.25) is 0 Å². The predicted molar refractivity (Wildman–Crippen MR) is 86.7 cm³/mol. The van der Waals surface area contributed by atoms with Gasteiger partial charge < -0.3 is 5.32 Å². The molecule has 4 nitrogen and oxygen atoms in total. The topological polar surface area (TPSA) is 42.2 Å². The van der Waals surface area contributed by atoms with Gasteiger partial charge in [0.2, 0.25) is 0 Å². The van der Waals surface area contributed by atoms with Crippen LogP contribution in [-0.4, -0.2) is 20.6 Å². The Morgan fingerprint density at radius 1 is 1.24 bits per heavy atom. The number of aromatic nitrogens is 3. The maximum atomic E-state index is 4.69. The highest BCUT2D eigenvalue weighted by atomic mass is 15.2. The first kappa shape index (κ1) is 14.4. The first-order valence-electron chi connectivity index (χ1n) is 7.97. The Balaban J connectivity index is 1.94. The molecular formula is C17H26N4. The van der Waals surface area contributed by atoms with Crippen LogP contribution >= 0.6 is 0 Å². The van der Waals surface area contributed by atoms with Gasteiger partial charge in [-0.1, -0.05) is 34.6 Å². The van der Waals surface area contributed by atoms with E-state index in [4.69, 9.17) is 0 Å². The van der Waals surface area contributed by atoms with Crippen molar-refractivity contribution < 1.29 is 0 Å². The third kappa shape index (κ3) is 2.63. The summed E-state index contributed by atoms with van der Waals surface area (Å²) < 4.78 is 1.94. The van der Waals surface area contributed by atoms with Crippen molar-refractivity contribution in [3.63, 3.8) is 0 Å². The number of hydrogen-bond acceptors (Lipinski definition) is 3. The summed E-state index contributed by atoms with van der Waals surface area (Å²) in [6.07, 6.45) is 6.29. The summed E-state index contributed by atoms with van der Waals surface area (Å²) in [5.74, 6) is 2.45. The molecule has 0 radical (unpaired) electrons. The van der Waals surface area contributed by atoms with E-state index in [2.05, 4.69) is 56.1 Å². The highest BCUT2D eigenvalue weighted by Gasteiger charge is 2.30. The average Bonchev–Trinajstić information content (AvgIpc) is 2.98. The van der Waals surface area contributed by atoms with Gasteiger partial charge in [-0.05, 0) is 30.7 Å². The third-order valence-corrected chi connectivity index (χ3v) is 4.95. The molecular weight excluding hydrogens is 260 g/mol. The standard InChI is InChI=1S/C17H26N4/c1-11-6-7-13(12(11)2)19-16-14-10-15(17(3,4)5)20-21(14)9-8-18-16/h8-13H,6-7H2,1-5H3,(H,18,19). The molecule has 2 heterocycles. The number of nitrogens with one attached hydrogen (secondary N) is 1. The number of fused-ring (bicyclic) bond motifs is 1. The number of hydrogen-bond donors (Lipinski definition) is 1. The number of nitrogens with zero attached hydrogens (tertiary/aromatic N) is 3. The van der Waals surface area contributed by atoms with Gasteiger partial charge in [0.15, 0.2) is 5.82 Å². The summed E-state index contributed by atoms with van der Waals surface area (Å²) >= 11 is 0. The van der Waals surface area contributed by atoms with E-state index in [-0.39, 0.29) is 5.41 Å². The maximum Gasteiger partial charge on any atom is 0.152 e. The molecule has 4 heteroatoms. The van der Waals surface area contributed by atoms with Crippen LogP contribution < -0.4 is 5.32 Å². The monoisotopic (exact) mass is 286 g/mol. The molecule has 0 bridgehead atoms. The maximum absolute atomic E-state index is 4.69. The van der Waals surface area contributed by atoms with Gasteiger partial charge in [-0.3, -0.25) is 0 Å². The van der Waals surface area contributed by atoms with Crippen molar-refractivity contribution in [2.45, 2.75) is 58.9 Å². The fourth-order valence-electron chi connectivity index (χ4n) is 3.14. The first-order chi connectivity index (χ1) is 9.86. The Bertz CT molecular complexity index is 638. The lowest BCUT2D eigenvalue weighted by molar-refractivity contribution is 0.435. The van der Waals surface area contributed by atoms with Crippen LogP contribution in [0, 0.1) is 11.8 Å². The van der Waals surface area contributed by atoms with Gasteiger partial charge in [-0.25, -0.2) is 9.50 Å². The smallest absolute Gasteiger partial charge is 0.152 e. The van der Waals surface area contributed by atoms with E-state index in [0.717, 1.165) is 22.9 Å². The summed E-state index contributed by atoms with van der Waals surface area (Å²) in [5.41, 5.74) is 2.24. The quantitative estimate of drug-likeness (QED) is 0.911. The van der Waals surface area contributed by atoms with Gasteiger partial charge in [0.1, 0.15) is 5.52 Å². The zero-order valence-electron chi connectivity index (χ0n) is 13.7. The van der Waals surface area contributed by atoms with E-state index in [9.17, 15) is 0 Å². The summed E-state index contributed by atoms with van der Waals surface area (Å²) in [6.45, 7) is 11.3. The van der Waals surface area contributed by atoms with Crippen LogP contribution in [0.1, 0.15) is 53.2 Å². The van der Waals surface area contributed by atoms with Crippen LogP contribution in [0.15, 0.2) is 18.5 Å².